The average Bonchev–Trinajstić information content (AvgIpc) is 2.23. The summed E-state index contributed by atoms with van der Waals surface area (Å²) >= 11 is 0. The van der Waals surface area contributed by atoms with Gasteiger partial charge >= 0.3 is 0 Å². The Kier molecular flexibility index (Phi) is 2.84. The first-order chi connectivity index (χ1) is 6.84. The molecule has 2 heteroatoms. The van der Waals surface area contributed by atoms with Crippen molar-refractivity contribution in [3.8, 4) is 0 Å². The number of carbonyl (C=O) groups excluding carboxylic acids is 1. The lowest BCUT2D eigenvalue weighted by molar-refractivity contribution is -0.110. The van der Waals surface area contributed by atoms with Crippen LogP contribution >= 0.6 is 10.9 Å². The molecule has 14 heavy (non-hydrogen) atoms. The molecule has 0 saturated heterocycles. The summed E-state index contributed by atoms with van der Waals surface area (Å²) in [7, 11) is -0.257. The SMILES string of the molecule is O=C1C=C[SH](Cc2ccccc2)C=C1. The Labute approximate surface area is 86.5 Å². The number of ketones is 1. The number of hydrogen-bond acceptors (Lipinski definition) is 1. The second kappa shape index (κ2) is 4.29. The smallest absolute Gasteiger partial charge is 0.179 e. The van der Waals surface area contributed by atoms with Crippen LogP contribution in [0.4, 0.5) is 0 Å². The minimum atomic E-state index is -0.257. The predicted octanol–water partition coefficient (Wildman–Crippen LogP) is 2.80. The van der Waals surface area contributed by atoms with Gasteiger partial charge in [-0.1, -0.05) is 30.3 Å². The van der Waals surface area contributed by atoms with E-state index in [9.17, 15) is 4.79 Å². The van der Waals surface area contributed by atoms with Crippen LogP contribution in [0.15, 0.2) is 53.3 Å². The van der Waals surface area contributed by atoms with Crippen molar-refractivity contribution in [2.24, 2.45) is 0 Å². The summed E-state index contributed by atoms with van der Waals surface area (Å²) in [4.78, 5) is 10.9. The largest absolute Gasteiger partial charge is 0.290 e. The first-order valence-electron chi connectivity index (χ1n) is 4.55. The van der Waals surface area contributed by atoms with Crippen LogP contribution in [0.1, 0.15) is 5.56 Å². The third-order valence-corrected chi connectivity index (χ3v) is 3.86. The highest BCUT2D eigenvalue weighted by atomic mass is 32.2. The molecule has 0 saturated carbocycles. The van der Waals surface area contributed by atoms with Crippen LogP contribution in [-0.2, 0) is 10.5 Å². The van der Waals surface area contributed by atoms with Crippen molar-refractivity contribution < 1.29 is 4.79 Å². The third-order valence-electron chi connectivity index (χ3n) is 2.07. The van der Waals surface area contributed by atoms with Gasteiger partial charge < -0.3 is 0 Å². The molecule has 1 nitrogen and oxygen atoms in total. The number of carbonyl (C=O) groups is 1. The van der Waals surface area contributed by atoms with Crippen molar-refractivity contribution in [3.63, 3.8) is 0 Å². The van der Waals surface area contributed by atoms with Gasteiger partial charge in [0.15, 0.2) is 5.78 Å². The van der Waals surface area contributed by atoms with Gasteiger partial charge in [-0.3, -0.25) is 4.79 Å². The molecule has 1 aromatic carbocycles. The molecule has 1 aromatic rings. The zero-order valence-electron chi connectivity index (χ0n) is 7.76. The van der Waals surface area contributed by atoms with Crippen molar-refractivity contribution in [2.75, 3.05) is 0 Å². The molecule has 0 spiro atoms. The number of allylic oxidation sites excluding steroid dienone is 2. The maximum absolute atomic E-state index is 10.9. The van der Waals surface area contributed by atoms with E-state index in [-0.39, 0.29) is 16.7 Å². The molecule has 0 aliphatic carbocycles. The van der Waals surface area contributed by atoms with E-state index in [1.165, 1.54) is 5.56 Å². The fourth-order valence-corrected chi connectivity index (χ4v) is 2.96. The molecule has 0 amide bonds. The molecule has 0 radical (unpaired) electrons. The van der Waals surface area contributed by atoms with Gasteiger partial charge in [-0.05, 0) is 28.5 Å². The monoisotopic (exact) mass is 204 g/mol. The molecule has 0 N–H and O–H groups in total. The Balaban J connectivity index is 2.03. The summed E-state index contributed by atoms with van der Waals surface area (Å²) in [6.07, 6.45) is 3.35. The molecule has 0 fully saturated rings. The molecule has 2 rings (SSSR count). The molecular formula is C12H12OS. The molecule has 1 aliphatic rings. The van der Waals surface area contributed by atoms with Crippen LogP contribution in [0.25, 0.3) is 0 Å². The zero-order chi connectivity index (χ0) is 9.80. The number of rotatable bonds is 2. The van der Waals surface area contributed by atoms with Gasteiger partial charge in [-0.25, -0.2) is 10.9 Å². The van der Waals surface area contributed by atoms with Gasteiger partial charge in [0, 0.05) is 5.75 Å². The van der Waals surface area contributed by atoms with Crippen LogP contribution in [0.3, 0.4) is 0 Å². The summed E-state index contributed by atoms with van der Waals surface area (Å²) in [5.74, 6) is 1.15. The van der Waals surface area contributed by atoms with Crippen LogP contribution in [0, 0.1) is 0 Å². The van der Waals surface area contributed by atoms with Crippen molar-refractivity contribution in [3.05, 3.63) is 58.9 Å². The Morgan fingerprint density at radius 1 is 1.00 bits per heavy atom. The zero-order valence-corrected chi connectivity index (χ0v) is 8.65. The van der Waals surface area contributed by atoms with Gasteiger partial charge in [0.05, 0.1) is 0 Å². The highest BCUT2D eigenvalue weighted by molar-refractivity contribution is 8.21. The maximum atomic E-state index is 10.9. The summed E-state index contributed by atoms with van der Waals surface area (Å²) in [6, 6.07) is 10.4. The van der Waals surface area contributed by atoms with E-state index in [2.05, 4.69) is 12.1 Å². The summed E-state index contributed by atoms with van der Waals surface area (Å²) in [5, 5.41) is 4.06. The van der Waals surface area contributed by atoms with E-state index < -0.39 is 0 Å². The van der Waals surface area contributed by atoms with Crippen molar-refractivity contribution in [1.29, 1.82) is 0 Å². The Hall–Kier alpha value is -1.28. The van der Waals surface area contributed by atoms with Gasteiger partial charge in [-0.2, -0.15) is 0 Å². The Morgan fingerprint density at radius 3 is 2.29 bits per heavy atom. The van der Waals surface area contributed by atoms with Gasteiger partial charge in [0.1, 0.15) is 0 Å². The van der Waals surface area contributed by atoms with Crippen LogP contribution < -0.4 is 0 Å². The topological polar surface area (TPSA) is 17.1 Å². The van der Waals surface area contributed by atoms with E-state index in [0.717, 1.165) is 5.75 Å². The molecular weight excluding hydrogens is 192 g/mol. The third kappa shape index (κ3) is 2.36. The van der Waals surface area contributed by atoms with E-state index in [0.29, 0.717) is 0 Å². The van der Waals surface area contributed by atoms with Gasteiger partial charge in [0.25, 0.3) is 0 Å². The Bertz CT molecular complexity index is 363. The minimum Gasteiger partial charge on any atom is -0.290 e. The van der Waals surface area contributed by atoms with E-state index in [1.807, 2.05) is 29.0 Å². The predicted molar refractivity (Wildman–Crippen MR) is 62.4 cm³/mol. The highest BCUT2D eigenvalue weighted by Crippen LogP contribution is 2.34. The van der Waals surface area contributed by atoms with Crippen molar-refractivity contribution in [1.82, 2.24) is 0 Å². The minimum absolute atomic E-state index is 0.108. The molecule has 1 aliphatic heterocycles. The second-order valence-electron chi connectivity index (χ2n) is 3.19. The van der Waals surface area contributed by atoms with Crippen LogP contribution in [0.2, 0.25) is 0 Å². The molecule has 72 valence electrons. The standard InChI is InChI=1S/C12H12OS/c13-12-6-8-14(9-7-12)10-11-4-2-1-3-5-11/h1-9,14H,10H2. The fraction of sp³-hybridized carbons (Fsp3) is 0.0833. The molecule has 0 unspecified atom stereocenters. The fourth-order valence-electron chi connectivity index (χ4n) is 1.34. The average molecular weight is 204 g/mol. The molecule has 1 heterocycles. The molecule has 0 bridgehead atoms. The quantitative estimate of drug-likeness (QED) is 0.733. The summed E-state index contributed by atoms with van der Waals surface area (Å²) in [5.41, 5.74) is 1.34. The first kappa shape index (κ1) is 9.28. The van der Waals surface area contributed by atoms with E-state index >= 15 is 0 Å². The normalized spacial score (nSPS) is 17.4. The van der Waals surface area contributed by atoms with E-state index in [4.69, 9.17) is 0 Å². The molecule has 0 aromatic heterocycles. The van der Waals surface area contributed by atoms with Gasteiger partial charge in [0.2, 0.25) is 0 Å². The summed E-state index contributed by atoms with van der Waals surface area (Å²) < 4.78 is 0. The van der Waals surface area contributed by atoms with Crippen LogP contribution in [0.5, 0.6) is 0 Å². The number of thiol groups is 1. The van der Waals surface area contributed by atoms with Gasteiger partial charge in [-0.15, -0.1) is 0 Å². The Morgan fingerprint density at radius 2 is 1.64 bits per heavy atom. The second-order valence-corrected chi connectivity index (χ2v) is 5.13. The lowest BCUT2D eigenvalue weighted by Gasteiger charge is -2.14. The number of benzene rings is 1. The van der Waals surface area contributed by atoms with E-state index in [1.54, 1.807) is 12.2 Å². The van der Waals surface area contributed by atoms with Crippen molar-refractivity contribution in [2.45, 2.75) is 5.75 Å². The highest BCUT2D eigenvalue weighted by Gasteiger charge is 2.03. The number of hydrogen-bond donors (Lipinski definition) is 1. The molecule has 0 atom stereocenters. The van der Waals surface area contributed by atoms with Crippen LogP contribution in [-0.4, -0.2) is 5.78 Å². The maximum Gasteiger partial charge on any atom is 0.179 e. The summed E-state index contributed by atoms with van der Waals surface area (Å²) in [6.45, 7) is 0. The van der Waals surface area contributed by atoms with Crippen molar-refractivity contribution >= 4 is 16.7 Å². The first-order valence-corrected chi connectivity index (χ1v) is 6.21. The lowest BCUT2D eigenvalue weighted by atomic mass is 10.2. The lowest BCUT2D eigenvalue weighted by Crippen LogP contribution is -1.92.